The lowest BCUT2D eigenvalue weighted by molar-refractivity contribution is -0.152. The van der Waals surface area contributed by atoms with E-state index in [9.17, 15) is 5.11 Å². The summed E-state index contributed by atoms with van der Waals surface area (Å²) in [5.41, 5.74) is 0.0392. The first-order chi connectivity index (χ1) is 8.17. The summed E-state index contributed by atoms with van der Waals surface area (Å²) in [6.07, 6.45) is 5.36. The van der Waals surface area contributed by atoms with Crippen LogP contribution in [0, 0.1) is 11.3 Å². The Balaban J connectivity index is 1.99. The SMILES string of the molecule is CC(C)C1CCCCCN1CC1(CO)COC1. The number of hydrogen-bond acceptors (Lipinski definition) is 3. The van der Waals surface area contributed by atoms with Gasteiger partial charge >= 0.3 is 0 Å². The lowest BCUT2D eigenvalue weighted by atomic mass is 9.85. The van der Waals surface area contributed by atoms with Gasteiger partial charge in [-0.15, -0.1) is 0 Å². The van der Waals surface area contributed by atoms with Crippen LogP contribution in [0.3, 0.4) is 0 Å². The van der Waals surface area contributed by atoms with Crippen molar-refractivity contribution in [1.82, 2.24) is 4.90 Å². The number of rotatable bonds is 4. The molecule has 2 rings (SSSR count). The molecule has 2 saturated heterocycles. The minimum atomic E-state index is 0.0392. The van der Waals surface area contributed by atoms with Gasteiger partial charge in [0.1, 0.15) is 0 Å². The van der Waals surface area contributed by atoms with E-state index in [1.54, 1.807) is 0 Å². The van der Waals surface area contributed by atoms with E-state index >= 15 is 0 Å². The number of aliphatic hydroxyl groups excluding tert-OH is 1. The van der Waals surface area contributed by atoms with E-state index in [1.807, 2.05) is 0 Å². The molecule has 0 aromatic carbocycles. The monoisotopic (exact) mass is 241 g/mol. The molecule has 17 heavy (non-hydrogen) atoms. The van der Waals surface area contributed by atoms with Crippen molar-refractivity contribution in [2.75, 3.05) is 32.9 Å². The van der Waals surface area contributed by atoms with E-state index in [1.165, 1.54) is 32.2 Å². The Morgan fingerprint density at radius 2 is 2.06 bits per heavy atom. The molecule has 3 nitrogen and oxygen atoms in total. The molecule has 0 bridgehead atoms. The molecule has 100 valence electrons. The third-order valence-electron chi connectivity index (χ3n) is 4.37. The van der Waals surface area contributed by atoms with Gasteiger partial charge in [0, 0.05) is 12.6 Å². The predicted molar refractivity (Wildman–Crippen MR) is 69.0 cm³/mol. The van der Waals surface area contributed by atoms with Gasteiger partial charge in [0.05, 0.1) is 25.2 Å². The maximum atomic E-state index is 9.56. The summed E-state index contributed by atoms with van der Waals surface area (Å²) >= 11 is 0. The zero-order valence-corrected chi connectivity index (χ0v) is 11.3. The molecule has 0 aromatic rings. The molecule has 0 saturated carbocycles. The molecular weight excluding hydrogens is 214 g/mol. The quantitative estimate of drug-likeness (QED) is 0.816. The summed E-state index contributed by atoms with van der Waals surface area (Å²) in [5, 5.41) is 9.56. The van der Waals surface area contributed by atoms with Crippen LogP contribution < -0.4 is 0 Å². The predicted octanol–water partition coefficient (Wildman–Crippen LogP) is 1.90. The standard InChI is InChI=1S/C14H27NO2/c1-12(2)13-6-4-3-5-7-15(13)8-14(9-16)10-17-11-14/h12-13,16H,3-11H2,1-2H3. The fraction of sp³-hybridized carbons (Fsp3) is 1.00. The number of likely N-dealkylation sites (tertiary alicyclic amines) is 1. The Morgan fingerprint density at radius 1 is 1.29 bits per heavy atom. The first kappa shape index (κ1) is 13.3. The van der Waals surface area contributed by atoms with E-state index in [2.05, 4.69) is 18.7 Å². The molecule has 2 heterocycles. The van der Waals surface area contributed by atoms with Crippen molar-refractivity contribution in [1.29, 1.82) is 0 Å². The van der Waals surface area contributed by atoms with Crippen LogP contribution in [0.4, 0.5) is 0 Å². The van der Waals surface area contributed by atoms with Gasteiger partial charge in [-0.25, -0.2) is 0 Å². The third kappa shape index (κ3) is 3.01. The Bertz CT molecular complexity index is 233. The molecule has 2 aliphatic heterocycles. The largest absolute Gasteiger partial charge is 0.396 e. The Labute approximate surface area is 105 Å². The van der Waals surface area contributed by atoms with E-state index < -0.39 is 0 Å². The zero-order valence-electron chi connectivity index (χ0n) is 11.3. The van der Waals surface area contributed by atoms with Gasteiger partial charge in [-0.2, -0.15) is 0 Å². The molecule has 2 aliphatic rings. The average molecular weight is 241 g/mol. The van der Waals surface area contributed by atoms with Crippen LogP contribution in [0.15, 0.2) is 0 Å². The molecule has 3 heteroatoms. The van der Waals surface area contributed by atoms with Crippen LogP contribution in [0.2, 0.25) is 0 Å². The Hall–Kier alpha value is -0.120. The van der Waals surface area contributed by atoms with E-state index in [-0.39, 0.29) is 12.0 Å². The first-order valence-corrected chi connectivity index (χ1v) is 7.09. The van der Waals surface area contributed by atoms with Gasteiger partial charge in [0.15, 0.2) is 0 Å². The minimum Gasteiger partial charge on any atom is -0.396 e. The molecule has 0 spiro atoms. The molecule has 0 aliphatic carbocycles. The van der Waals surface area contributed by atoms with Crippen LogP contribution in [0.25, 0.3) is 0 Å². The Morgan fingerprint density at radius 3 is 2.59 bits per heavy atom. The molecule has 1 unspecified atom stereocenters. The maximum absolute atomic E-state index is 9.56. The topological polar surface area (TPSA) is 32.7 Å². The number of aliphatic hydroxyl groups is 1. The van der Waals surface area contributed by atoms with Gasteiger partial charge < -0.3 is 9.84 Å². The van der Waals surface area contributed by atoms with Gasteiger partial charge in [0.2, 0.25) is 0 Å². The Kier molecular flexibility index (Phi) is 4.45. The number of nitrogens with zero attached hydrogens (tertiary/aromatic N) is 1. The van der Waals surface area contributed by atoms with E-state index in [4.69, 9.17) is 4.74 Å². The first-order valence-electron chi connectivity index (χ1n) is 7.09. The van der Waals surface area contributed by atoms with Crippen molar-refractivity contribution in [3.63, 3.8) is 0 Å². The fourth-order valence-electron chi connectivity index (χ4n) is 3.20. The molecule has 0 aromatic heterocycles. The van der Waals surface area contributed by atoms with Gasteiger partial charge in [-0.05, 0) is 25.3 Å². The summed E-state index contributed by atoms with van der Waals surface area (Å²) in [7, 11) is 0. The van der Waals surface area contributed by atoms with Crippen molar-refractivity contribution < 1.29 is 9.84 Å². The highest BCUT2D eigenvalue weighted by Crippen LogP contribution is 2.32. The zero-order chi connectivity index (χ0) is 12.3. The second-order valence-corrected chi connectivity index (χ2v) is 6.28. The van der Waals surface area contributed by atoms with Crippen LogP contribution in [0.1, 0.15) is 39.5 Å². The van der Waals surface area contributed by atoms with Crippen molar-refractivity contribution >= 4 is 0 Å². The summed E-state index contributed by atoms with van der Waals surface area (Å²) in [5.74, 6) is 0.713. The van der Waals surface area contributed by atoms with Crippen LogP contribution in [-0.4, -0.2) is 49.0 Å². The third-order valence-corrected chi connectivity index (χ3v) is 4.37. The highest BCUT2D eigenvalue weighted by atomic mass is 16.5. The van der Waals surface area contributed by atoms with Crippen LogP contribution >= 0.6 is 0 Å². The van der Waals surface area contributed by atoms with Crippen molar-refractivity contribution in [3.05, 3.63) is 0 Å². The molecule has 0 radical (unpaired) electrons. The van der Waals surface area contributed by atoms with E-state index in [0.717, 1.165) is 19.8 Å². The van der Waals surface area contributed by atoms with E-state index in [0.29, 0.717) is 12.0 Å². The van der Waals surface area contributed by atoms with Crippen molar-refractivity contribution in [2.45, 2.75) is 45.6 Å². The second kappa shape index (κ2) is 5.68. The van der Waals surface area contributed by atoms with Gasteiger partial charge in [-0.1, -0.05) is 26.7 Å². The lowest BCUT2D eigenvalue weighted by Crippen LogP contribution is -2.55. The van der Waals surface area contributed by atoms with Crippen molar-refractivity contribution in [2.24, 2.45) is 11.3 Å². The fourth-order valence-corrected chi connectivity index (χ4v) is 3.20. The van der Waals surface area contributed by atoms with Crippen LogP contribution in [0.5, 0.6) is 0 Å². The highest BCUT2D eigenvalue weighted by Gasteiger charge is 2.41. The normalized spacial score (nSPS) is 30.0. The number of ether oxygens (including phenoxy) is 1. The lowest BCUT2D eigenvalue weighted by Gasteiger charge is -2.45. The summed E-state index contributed by atoms with van der Waals surface area (Å²) in [6.45, 7) is 8.62. The minimum absolute atomic E-state index is 0.0392. The smallest absolute Gasteiger partial charge is 0.0579 e. The van der Waals surface area contributed by atoms with Crippen LogP contribution in [-0.2, 0) is 4.74 Å². The summed E-state index contributed by atoms with van der Waals surface area (Å²) in [4.78, 5) is 2.62. The number of hydrogen-bond donors (Lipinski definition) is 1. The van der Waals surface area contributed by atoms with Crippen molar-refractivity contribution in [3.8, 4) is 0 Å². The highest BCUT2D eigenvalue weighted by molar-refractivity contribution is 4.91. The molecular formula is C14H27NO2. The molecule has 1 N–H and O–H groups in total. The second-order valence-electron chi connectivity index (χ2n) is 6.28. The summed E-state index contributed by atoms with van der Waals surface area (Å²) < 4.78 is 5.31. The average Bonchev–Trinajstić information content (AvgIpc) is 2.48. The maximum Gasteiger partial charge on any atom is 0.0579 e. The van der Waals surface area contributed by atoms with Gasteiger partial charge in [0.25, 0.3) is 0 Å². The summed E-state index contributed by atoms with van der Waals surface area (Å²) in [6, 6.07) is 0.696. The molecule has 1 atom stereocenters. The molecule has 0 amide bonds. The van der Waals surface area contributed by atoms with Gasteiger partial charge in [-0.3, -0.25) is 4.90 Å². The molecule has 2 fully saturated rings.